The molecule has 2 rings (SSSR count). The van der Waals surface area contributed by atoms with Crippen molar-refractivity contribution in [3.8, 4) is 0 Å². The van der Waals surface area contributed by atoms with Crippen LogP contribution in [0.15, 0.2) is 0 Å². The number of aliphatic hydroxyl groups excluding tert-OH is 10. The normalized spacial score (nSPS) is 43.5. The van der Waals surface area contributed by atoms with Gasteiger partial charge in [-0.2, -0.15) is 0 Å². The highest BCUT2D eigenvalue weighted by atomic mass is 16.7. The van der Waals surface area contributed by atoms with Crippen LogP contribution in [0.4, 0.5) is 0 Å². The Labute approximate surface area is 187 Å². The van der Waals surface area contributed by atoms with Crippen molar-refractivity contribution >= 4 is 6.29 Å². The van der Waals surface area contributed by atoms with Gasteiger partial charge in [-0.15, -0.1) is 0 Å². The molecule has 2 saturated heterocycles. The SMILES string of the molecule is C[C@@H]1O[C@@H](O[C@@H](C=O)[C@@H](O[C@H]2O[C@H](CO)[C@H](O)[C@H](O)[C@H]2O)[C@@H](O)[C@H](O)CO)[C@@H](O)[C@H](O)[C@@H]1O. The van der Waals surface area contributed by atoms with E-state index < -0.39 is 99.0 Å². The van der Waals surface area contributed by atoms with Crippen molar-refractivity contribution in [3.63, 3.8) is 0 Å². The summed E-state index contributed by atoms with van der Waals surface area (Å²) in [6.45, 7) is -0.449. The highest BCUT2D eigenvalue weighted by molar-refractivity contribution is 5.57. The molecule has 194 valence electrons. The largest absolute Gasteiger partial charge is 0.394 e. The zero-order valence-corrected chi connectivity index (χ0v) is 17.6. The zero-order chi connectivity index (χ0) is 25.0. The van der Waals surface area contributed by atoms with Gasteiger partial charge in [-0.3, -0.25) is 0 Å². The van der Waals surface area contributed by atoms with Crippen molar-refractivity contribution in [2.45, 2.75) is 92.8 Å². The first-order valence-corrected chi connectivity index (χ1v) is 10.2. The standard InChI is InChI=1S/C18H32O15/c1-5-9(23)12(26)14(28)17(30-5)32-8(4-21)16(10(24)6(22)2-19)33-18-15(29)13(27)11(25)7(3-20)31-18/h4-20,22-29H,2-3H2,1H3/t5-,6+,7+,8-,9+,10-,11-,12+,13-,14-,15+,16+,17-,18+/m0/s1. The molecule has 0 aromatic heterocycles. The van der Waals surface area contributed by atoms with Gasteiger partial charge in [0.05, 0.1) is 19.3 Å². The molecule has 0 aromatic carbocycles. The van der Waals surface area contributed by atoms with E-state index in [1.54, 1.807) is 0 Å². The van der Waals surface area contributed by atoms with E-state index >= 15 is 0 Å². The van der Waals surface area contributed by atoms with E-state index in [0.717, 1.165) is 0 Å². The summed E-state index contributed by atoms with van der Waals surface area (Å²) in [5, 5.41) is 98.5. The Kier molecular flexibility index (Phi) is 10.5. The molecule has 10 N–H and O–H groups in total. The molecule has 0 unspecified atom stereocenters. The van der Waals surface area contributed by atoms with Crippen LogP contribution in [-0.2, 0) is 23.7 Å². The molecule has 33 heavy (non-hydrogen) atoms. The minimum atomic E-state index is -2.06. The summed E-state index contributed by atoms with van der Waals surface area (Å²) in [5.41, 5.74) is 0. The van der Waals surface area contributed by atoms with Crippen molar-refractivity contribution in [1.82, 2.24) is 0 Å². The Morgan fingerprint density at radius 2 is 1.36 bits per heavy atom. The van der Waals surface area contributed by atoms with Crippen LogP contribution >= 0.6 is 0 Å². The van der Waals surface area contributed by atoms with Gasteiger partial charge in [0.25, 0.3) is 0 Å². The summed E-state index contributed by atoms with van der Waals surface area (Å²) >= 11 is 0. The first kappa shape index (κ1) is 28.3. The van der Waals surface area contributed by atoms with Crippen LogP contribution in [0.5, 0.6) is 0 Å². The highest BCUT2D eigenvalue weighted by Crippen LogP contribution is 2.28. The summed E-state index contributed by atoms with van der Waals surface area (Å²) in [6.07, 6.45) is -24.3. The topological polar surface area (TPSA) is 256 Å². The van der Waals surface area contributed by atoms with Crippen molar-refractivity contribution in [2.24, 2.45) is 0 Å². The maximum absolute atomic E-state index is 11.8. The van der Waals surface area contributed by atoms with Crippen LogP contribution in [0, 0.1) is 0 Å². The average Bonchev–Trinajstić information content (AvgIpc) is 2.81. The molecule has 0 aromatic rings. The molecule has 0 radical (unpaired) electrons. The van der Waals surface area contributed by atoms with Crippen molar-refractivity contribution in [3.05, 3.63) is 0 Å². The van der Waals surface area contributed by atoms with E-state index in [1.807, 2.05) is 0 Å². The molecule has 2 aliphatic heterocycles. The van der Waals surface area contributed by atoms with Crippen LogP contribution in [0.3, 0.4) is 0 Å². The van der Waals surface area contributed by atoms with E-state index in [0.29, 0.717) is 0 Å². The summed E-state index contributed by atoms with van der Waals surface area (Å²) in [7, 11) is 0. The van der Waals surface area contributed by atoms with Gasteiger partial charge in [-0.25, -0.2) is 0 Å². The molecule has 0 aliphatic carbocycles. The number of aliphatic hydroxyl groups is 10. The van der Waals surface area contributed by atoms with E-state index in [1.165, 1.54) is 6.92 Å². The smallest absolute Gasteiger partial charge is 0.187 e. The maximum atomic E-state index is 11.8. The summed E-state index contributed by atoms with van der Waals surface area (Å²) < 4.78 is 21.1. The number of hydrogen-bond acceptors (Lipinski definition) is 15. The minimum Gasteiger partial charge on any atom is -0.394 e. The highest BCUT2D eigenvalue weighted by Gasteiger charge is 2.49. The maximum Gasteiger partial charge on any atom is 0.187 e. The first-order valence-electron chi connectivity index (χ1n) is 10.2. The van der Waals surface area contributed by atoms with Gasteiger partial charge in [0.1, 0.15) is 67.1 Å². The second kappa shape index (κ2) is 12.2. The Bertz CT molecular complexity index is 607. The molecular formula is C18H32O15. The average molecular weight is 488 g/mol. The fourth-order valence-corrected chi connectivity index (χ4v) is 3.48. The lowest BCUT2D eigenvalue weighted by Crippen LogP contribution is -2.62. The third kappa shape index (κ3) is 6.22. The second-order valence-electron chi connectivity index (χ2n) is 7.96. The fourth-order valence-electron chi connectivity index (χ4n) is 3.48. The lowest BCUT2D eigenvalue weighted by atomic mass is 9.98. The number of aldehydes is 1. The van der Waals surface area contributed by atoms with E-state index in [2.05, 4.69) is 0 Å². The van der Waals surface area contributed by atoms with Gasteiger partial charge in [0.15, 0.2) is 18.9 Å². The molecule has 2 aliphatic rings. The van der Waals surface area contributed by atoms with Gasteiger partial charge < -0.3 is 74.8 Å². The number of carbonyl (C=O) groups is 1. The lowest BCUT2D eigenvalue weighted by Gasteiger charge is -2.43. The van der Waals surface area contributed by atoms with Gasteiger partial charge in [0.2, 0.25) is 0 Å². The molecular weight excluding hydrogens is 456 g/mol. The number of ether oxygens (including phenoxy) is 4. The third-order valence-corrected chi connectivity index (χ3v) is 5.62. The Hall–Kier alpha value is -0.890. The van der Waals surface area contributed by atoms with Crippen LogP contribution in [-0.4, -0.2) is 156 Å². The fraction of sp³-hybridized carbons (Fsp3) is 0.944. The Morgan fingerprint density at radius 1 is 0.818 bits per heavy atom. The summed E-state index contributed by atoms with van der Waals surface area (Å²) in [6, 6.07) is 0. The van der Waals surface area contributed by atoms with Gasteiger partial charge in [0, 0.05) is 0 Å². The molecule has 15 nitrogen and oxygen atoms in total. The predicted molar refractivity (Wildman–Crippen MR) is 101 cm³/mol. The van der Waals surface area contributed by atoms with E-state index in [-0.39, 0.29) is 6.29 Å². The first-order chi connectivity index (χ1) is 15.5. The molecule has 2 fully saturated rings. The van der Waals surface area contributed by atoms with Gasteiger partial charge >= 0.3 is 0 Å². The second-order valence-corrected chi connectivity index (χ2v) is 7.96. The minimum absolute atomic E-state index is 0.0696. The molecule has 14 atom stereocenters. The lowest BCUT2D eigenvalue weighted by molar-refractivity contribution is -0.342. The Morgan fingerprint density at radius 3 is 1.88 bits per heavy atom. The number of carbonyl (C=O) groups excluding carboxylic acids is 1. The molecule has 2 heterocycles. The number of rotatable bonds is 10. The summed E-state index contributed by atoms with van der Waals surface area (Å²) in [5.74, 6) is 0. The quantitative estimate of drug-likeness (QED) is 0.128. The Balaban J connectivity index is 2.27. The summed E-state index contributed by atoms with van der Waals surface area (Å²) in [4.78, 5) is 11.8. The van der Waals surface area contributed by atoms with Crippen LogP contribution in [0.25, 0.3) is 0 Å². The van der Waals surface area contributed by atoms with E-state index in [4.69, 9.17) is 18.9 Å². The van der Waals surface area contributed by atoms with Crippen LogP contribution < -0.4 is 0 Å². The molecule has 0 amide bonds. The monoisotopic (exact) mass is 488 g/mol. The molecule has 0 spiro atoms. The van der Waals surface area contributed by atoms with E-state index in [9.17, 15) is 55.9 Å². The van der Waals surface area contributed by atoms with Gasteiger partial charge in [-0.1, -0.05) is 0 Å². The molecule has 0 bridgehead atoms. The third-order valence-electron chi connectivity index (χ3n) is 5.62. The molecule has 0 saturated carbocycles. The van der Waals surface area contributed by atoms with Gasteiger partial charge in [-0.05, 0) is 6.92 Å². The van der Waals surface area contributed by atoms with Crippen molar-refractivity contribution in [2.75, 3.05) is 13.2 Å². The predicted octanol–water partition coefficient (Wildman–Crippen LogP) is -6.70. The zero-order valence-electron chi connectivity index (χ0n) is 17.6. The van der Waals surface area contributed by atoms with Crippen LogP contribution in [0.2, 0.25) is 0 Å². The molecule has 15 heteroatoms. The number of hydrogen-bond donors (Lipinski definition) is 10. The van der Waals surface area contributed by atoms with Crippen LogP contribution in [0.1, 0.15) is 6.92 Å². The van der Waals surface area contributed by atoms with Crippen molar-refractivity contribution < 1.29 is 74.8 Å². The van der Waals surface area contributed by atoms with Crippen molar-refractivity contribution in [1.29, 1.82) is 0 Å².